The molecule has 0 aromatic rings. The van der Waals surface area contributed by atoms with E-state index in [0.717, 1.165) is 19.4 Å². The quantitative estimate of drug-likeness (QED) is 0.528. The minimum atomic E-state index is -0.705. The second-order valence-electron chi connectivity index (χ2n) is 2.55. The summed E-state index contributed by atoms with van der Waals surface area (Å²) in [5.41, 5.74) is 0. The Kier molecular flexibility index (Phi) is 2.46. The van der Waals surface area contributed by atoms with Crippen LogP contribution in [0.3, 0.4) is 0 Å². The highest BCUT2D eigenvalue weighted by Gasteiger charge is 2.22. The predicted octanol–water partition coefficient (Wildman–Crippen LogP) is 1.77. The Morgan fingerprint density at radius 2 is 2.44 bits per heavy atom. The average Bonchev–Trinajstić information content (AvgIpc) is 1.89. The van der Waals surface area contributed by atoms with Crippen LogP contribution >= 0.6 is 0 Å². The van der Waals surface area contributed by atoms with Gasteiger partial charge in [0, 0.05) is 6.61 Å². The van der Waals surface area contributed by atoms with E-state index >= 15 is 0 Å². The lowest BCUT2D eigenvalue weighted by Gasteiger charge is -2.24. The van der Waals surface area contributed by atoms with Crippen LogP contribution in [0.1, 0.15) is 19.8 Å². The fraction of sp³-hybridized carbons (Fsp3) is 1.00. The summed E-state index contributed by atoms with van der Waals surface area (Å²) in [7, 11) is 0. The van der Waals surface area contributed by atoms with Crippen molar-refractivity contribution in [2.75, 3.05) is 13.2 Å². The molecule has 0 unspecified atom stereocenters. The molecule has 1 rings (SSSR count). The van der Waals surface area contributed by atoms with Crippen molar-refractivity contribution in [1.82, 2.24) is 0 Å². The summed E-state index contributed by atoms with van der Waals surface area (Å²) in [6.45, 7) is 3.10. The third-order valence-electron chi connectivity index (χ3n) is 1.95. The lowest BCUT2D eigenvalue weighted by atomic mass is 9.96. The van der Waals surface area contributed by atoms with Gasteiger partial charge in [0.1, 0.15) is 6.17 Å². The summed E-state index contributed by atoms with van der Waals surface area (Å²) in [6, 6.07) is 0. The molecule has 0 N–H and O–H groups in total. The van der Waals surface area contributed by atoms with E-state index in [0.29, 0.717) is 6.61 Å². The van der Waals surface area contributed by atoms with E-state index in [1.165, 1.54) is 0 Å². The van der Waals surface area contributed by atoms with Crippen molar-refractivity contribution in [2.45, 2.75) is 25.9 Å². The normalized spacial score (nSPS) is 36.7. The predicted molar refractivity (Wildman–Crippen MR) is 34.1 cm³/mol. The van der Waals surface area contributed by atoms with Gasteiger partial charge in [-0.15, -0.1) is 0 Å². The molecule has 1 aliphatic heterocycles. The smallest absolute Gasteiger partial charge is 0.126 e. The molecule has 1 saturated heterocycles. The molecule has 0 aliphatic carbocycles. The number of ether oxygens (including phenoxy) is 1. The minimum Gasteiger partial charge on any atom is -0.378 e. The van der Waals surface area contributed by atoms with E-state index in [4.69, 9.17) is 4.74 Å². The van der Waals surface area contributed by atoms with Crippen molar-refractivity contribution in [3.8, 4) is 0 Å². The average molecular weight is 132 g/mol. The Bertz CT molecular complexity index is 85.0. The standard InChI is InChI=1S/C7H13FO/c1-2-6-3-4-9-5-7(6)8/h6-7H,2-5H2,1H3/t6-,7+/m0/s1. The number of halogens is 1. The second-order valence-corrected chi connectivity index (χ2v) is 2.55. The molecule has 54 valence electrons. The molecule has 1 nitrogen and oxygen atoms in total. The second kappa shape index (κ2) is 3.16. The van der Waals surface area contributed by atoms with Gasteiger partial charge >= 0.3 is 0 Å². The van der Waals surface area contributed by atoms with Crippen LogP contribution in [-0.4, -0.2) is 19.4 Å². The van der Waals surface area contributed by atoms with Crippen molar-refractivity contribution in [3.63, 3.8) is 0 Å². The molecule has 0 saturated carbocycles. The molecule has 9 heavy (non-hydrogen) atoms. The van der Waals surface area contributed by atoms with Crippen LogP contribution in [0.15, 0.2) is 0 Å². The minimum absolute atomic E-state index is 0.263. The van der Waals surface area contributed by atoms with Gasteiger partial charge in [-0.3, -0.25) is 0 Å². The summed E-state index contributed by atoms with van der Waals surface area (Å²) in [5, 5.41) is 0. The third-order valence-corrected chi connectivity index (χ3v) is 1.95. The first kappa shape index (κ1) is 7.00. The Morgan fingerprint density at radius 1 is 1.67 bits per heavy atom. The van der Waals surface area contributed by atoms with Crippen LogP contribution in [0.25, 0.3) is 0 Å². The number of hydrogen-bond donors (Lipinski definition) is 0. The first-order valence-electron chi connectivity index (χ1n) is 3.56. The highest BCUT2D eigenvalue weighted by Crippen LogP contribution is 2.20. The van der Waals surface area contributed by atoms with E-state index < -0.39 is 6.17 Å². The Labute approximate surface area is 55.2 Å². The first-order valence-corrected chi connectivity index (χ1v) is 3.56. The van der Waals surface area contributed by atoms with Gasteiger partial charge in [-0.25, -0.2) is 4.39 Å². The van der Waals surface area contributed by atoms with Crippen molar-refractivity contribution in [2.24, 2.45) is 5.92 Å². The lowest BCUT2D eigenvalue weighted by molar-refractivity contribution is -0.00242. The van der Waals surface area contributed by atoms with Gasteiger partial charge in [0.2, 0.25) is 0 Å². The van der Waals surface area contributed by atoms with Gasteiger partial charge in [0.15, 0.2) is 0 Å². The Morgan fingerprint density at radius 3 is 2.89 bits per heavy atom. The fourth-order valence-corrected chi connectivity index (χ4v) is 1.21. The monoisotopic (exact) mass is 132 g/mol. The van der Waals surface area contributed by atoms with Gasteiger partial charge in [0.05, 0.1) is 6.61 Å². The number of rotatable bonds is 1. The molecular weight excluding hydrogens is 119 g/mol. The maximum absolute atomic E-state index is 12.7. The van der Waals surface area contributed by atoms with Crippen molar-refractivity contribution < 1.29 is 9.13 Å². The molecule has 0 spiro atoms. The zero-order chi connectivity index (χ0) is 6.69. The Balaban J connectivity index is 2.30. The molecule has 1 fully saturated rings. The van der Waals surface area contributed by atoms with Crippen LogP contribution in [0.4, 0.5) is 4.39 Å². The molecule has 0 bridgehead atoms. The zero-order valence-electron chi connectivity index (χ0n) is 5.77. The Hall–Kier alpha value is -0.110. The first-order chi connectivity index (χ1) is 4.34. The fourth-order valence-electron chi connectivity index (χ4n) is 1.21. The van der Waals surface area contributed by atoms with Crippen molar-refractivity contribution in [1.29, 1.82) is 0 Å². The molecule has 2 heteroatoms. The van der Waals surface area contributed by atoms with E-state index in [2.05, 4.69) is 0 Å². The van der Waals surface area contributed by atoms with E-state index in [1.54, 1.807) is 0 Å². The van der Waals surface area contributed by atoms with Crippen LogP contribution in [0, 0.1) is 5.92 Å². The van der Waals surface area contributed by atoms with Crippen molar-refractivity contribution in [3.05, 3.63) is 0 Å². The van der Waals surface area contributed by atoms with Gasteiger partial charge in [-0.05, 0) is 12.3 Å². The van der Waals surface area contributed by atoms with E-state index in [-0.39, 0.29) is 5.92 Å². The van der Waals surface area contributed by atoms with Gasteiger partial charge in [-0.1, -0.05) is 13.3 Å². The van der Waals surface area contributed by atoms with Crippen molar-refractivity contribution >= 4 is 0 Å². The lowest BCUT2D eigenvalue weighted by Crippen LogP contribution is -2.28. The van der Waals surface area contributed by atoms with Crippen LogP contribution in [0.5, 0.6) is 0 Å². The SMILES string of the molecule is CC[C@H]1CCOC[C@H]1F. The van der Waals surface area contributed by atoms with Gasteiger partial charge in [-0.2, -0.15) is 0 Å². The third kappa shape index (κ3) is 1.65. The van der Waals surface area contributed by atoms with Crippen LogP contribution < -0.4 is 0 Å². The molecule has 0 radical (unpaired) electrons. The van der Waals surface area contributed by atoms with Crippen LogP contribution in [0.2, 0.25) is 0 Å². The van der Waals surface area contributed by atoms with Gasteiger partial charge in [0.25, 0.3) is 0 Å². The molecule has 0 aromatic heterocycles. The maximum atomic E-state index is 12.7. The van der Waals surface area contributed by atoms with Gasteiger partial charge < -0.3 is 4.74 Å². The topological polar surface area (TPSA) is 9.23 Å². The van der Waals surface area contributed by atoms with E-state index in [1.807, 2.05) is 6.92 Å². The highest BCUT2D eigenvalue weighted by molar-refractivity contribution is 4.70. The molecule has 2 atom stereocenters. The van der Waals surface area contributed by atoms with E-state index in [9.17, 15) is 4.39 Å². The summed E-state index contributed by atoms with van der Waals surface area (Å²) >= 11 is 0. The largest absolute Gasteiger partial charge is 0.378 e. The molecule has 1 heterocycles. The summed E-state index contributed by atoms with van der Waals surface area (Å²) in [4.78, 5) is 0. The zero-order valence-corrected chi connectivity index (χ0v) is 5.77. The summed E-state index contributed by atoms with van der Waals surface area (Å²) < 4.78 is 17.7. The van der Waals surface area contributed by atoms with Crippen LogP contribution in [-0.2, 0) is 4.74 Å². The maximum Gasteiger partial charge on any atom is 0.126 e. The summed E-state index contributed by atoms with van der Waals surface area (Å²) in [5.74, 6) is 0.263. The molecule has 1 aliphatic rings. The molecule has 0 amide bonds. The molecular formula is C7H13FO. The number of hydrogen-bond acceptors (Lipinski definition) is 1. The number of alkyl halides is 1. The summed E-state index contributed by atoms with van der Waals surface area (Å²) in [6.07, 6.45) is 1.14. The highest BCUT2D eigenvalue weighted by atomic mass is 19.1. The molecule has 0 aromatic carbocycles.